The summed E-state index contributed by atoms with van der Waals surface area (Å²) in [5, 5.41) is 11.3. The predicted molar refractivity (Wildman–Crippen MR) is 99.1 cm³/mol. The minimum atomic E-state index is -0.639. The van der Waals surface area contributed by atoms with Crippen LogP contribution in [0.1, 0.15) is 15.9 Å². The Bertz CT molecular complexity index is 890. The first kappa shape index (κ1) is 19.8. The molecule has 0 heterocycles. The SMILES string of the molecule is COc1ccc(/C=C/C(=O)c2cc(OC)c(OC)cc2[N+](=O)[O-])cc1OC. The van der Waals surface area contributed by atoms with Gasteiger partial charge >= 0.3 is 0 Å². The number of allylic oxidation sites excluding steroid dienone is 1. The molecule has 0 spiro atoms. The number of hydrogen-bond donors (Lipinski definition) is 0. The topological polar surface area (TPSA) is 97.1 Å². The molecule has 0 saturated carbocycles. The van der Waals surface area contributed by atoms with Crippen molar-refractivity contribution in [1.82, 2.24) is 0 Å². The van der Waals surface area contributed by atoms with Crippen molar-refractivity contribution < 1.29 is 28.7 Å². The van der Waals surface area contributed by atoms with Crippen molar-refractivity contribution in [1.29, 1.82) is 0 Å². The molecule has 2 aromatic rings. The number of methoxy groups -OCH3 is 4. The molecule has 0 N–H and O–H groups in total. The summed E-state index contributed by atoms with van der Waals surface area (Å²) in [7, 11) is 5.77. The fraction of sp³-hybridized carbons (Fsp3) is 0.211. The number of ketones is 1. The van der Waals surface area contributed by atoms with Crippen molar-refractivity contribution in [3.05, 3.63) is 57.6 Å². The van der Waals surface area contributed by atoms with Crippen LogP contribution in [0, 0.1) is 10.1 Å². The highest BCUT2D eigenvalue weighted by Crippen LogP contribution is 2.35. The van der Waals surface area contributed by atoms with Crippen LogP contribution < -0.4 is 18.9 Å². The van der Waals surface area contributed by atoms with Gasteiger partial charge in [0.25, 0.3) is 5.69 Å². The number of nitro benzene ring substituents is 1. The summed E-state index contributed by atoms with van der Waals surface area (Å²) in [6.45, 7) is 0. The third kappa shape index (κ3) is 4.35. The Hall–Kier alpha value is -3.55. The van der Waals surface area contributed by atoms with Gasteiger partial charge in [-0.3, -0.25) is 14.9 Å². The molecule has 0 unspecified atom stereocenters. The van der Waals surface area contributed by atoms with Crippen molar-refractivity contribution in [2.75, 3.05) is 28.4 Å². The predicted octanol–water partition coefficient (Wildman–Crippen LogP) is 3.53. The van der Waals surface area contributed by atoms with Gasteiger partial charge in [-0.15, -0.1) is 0 Å². The molecule has 8 heteroatoms. The molecule has 8 nitrogen and oxygen atoms in total. The molecular weight excluding hydrogens is 354 g/mol. The average molecular weight is 373 g/mol. The van der Waals surface area contributed by atoms with Crippen LogP contribution in [0.5, 0.6) is 23.0 Å². The summed E-state index contributed by atoms with van der Waals surface area (Å²) in [5.41, 5.74) is 0.202. The highest BCUT2D eigenvalue weighted by atomic mass is 16.6. The maximum atomic E-state index is 12.5. The molecule has 0 fully saturated rings. The number of carbonyl (C=O) groups excluding carboxylic acids is 1. The number of nitrogens with zero attached hydrogens (tertiary/aromatic N) is 1. The number of hydrogen-bond acceptors (Lipinski definition) is 7. The fourth-order valence-electron chi connectivity index (χ4n) is 2.43. The molecule has 0 atom stereocenters. The van der Waals surface area contributed by atoms with Gasteiger partial charge in [0, 0.05) is 6.07 Å². The average Bonchev–Trinajstić information content (AvgIpc) is 2.70. The number of ether oxygens (including phenoxy) is 4. The molecule has 0 amide bonds. The van der Waals surface area contributed by atoms with Crippen molar-refractivity contribution >= 4 is 17.5 Å². The van der Waals surface area contributed by atoms with Crippen LogP contribution in [-0.4, -0.2) is 39.1 Å². The van der Waals surface area contributed by atoms with Gasteiger partial charge in [0.15, 0.2) is 28.8 Å². The van der Waals surface area contributed by atoms with Crippen LogP contribution in [-0.2, 0) is 0 Å². The van der Waals surface area contributed by atoms with Crippen molar-refractivity contribution in [3.8, 4) is 23.0 Å². The van der Waals surface area contributed by atoms with Gasteiger partial charge in [-0.1, -0.05) is 12.1 Å². The molecule has 2 rings (SSSR count). The summed E-state index contributed by atoms with van der Waals surface area (Å²) >= 11 is 0. The standard InChI is InChI=1S/C19H19NO7/c1-24-16-8-6-12(9-17(16)25-2)5-7-15(21)13-10-18(26-3)19(27-4)11-14(13)20(22)23/h5-11H,1-4H3/b7-5+. The van der Waals surface area contributed by atoms with E-state index >= 15 is 0 Å². The van der Waals surface area contributed by atoms with E-state index in [4.69, 9.17) is 18.9 Å². The Kier molecular flexibility index (Phi) is 6.37. The molecule has 0 aliphatic rings. The van der Waals surface area contributed by atoms with Gasteiger partial charge in [0.05, 0.1) is 39.4 Å². The van der Waals surface area contributed by atoms with E-state index in [1.807, 2.05) is 0 Å². The van der Waals surface area contributed by atoms with E-state index in [2.05, 4.69) is 0 Å². The molecule has 0 saturated heterocycles. The Balaban J connectivity index is 2.40. The minimum absolute atomic E-state index is 0.102. The summed E-state index contributed by atoms with van der Waals surface area (Å²) in [6, 6.07) is 7.57. The molecule has 2 aromatic carbocycles. The van der Waals surface area contributed by atoms with Crippen molar-refractivity contribution in [2.45, 2.75) is 0 Å². The normalized spacial score (nSPS) is 10.5. The van der Waals surface area contributed by atoms with Gasteiger partial charge < -0.3 is 18.9 Å². The molecular formula is C19H19NO7. The minimum Gasteiger partial charge on any atom is -0.493 e. The molecule has 0 aromatic heterocycles. The van der Waals surface area contributed by atoms with E-state index in [9.17, 15) is 14.9 Å². The van der Waals surface area contributed by atoms with Crippen LogP contribution in [0.25, 0.3) is 6.08 Å². The van der Waals surface area contributed by atoms with E-state index in [0.29, 0.717) is 17.1 Å². The summed E-state index contributed by atoms with van der Waals surface area (Å²) in [5.74, 6) is 0.911. The third-order valence-corrected chi connectivity index (χ3v) is 3.80. The Labute approximate surface area is 156 Å². The van der Waals surface area contributed by atoms with Gasteiger partial charge in [-0.2, -0.15) is 0 Å². The highest BCUT2D eigenvalue weighted by Gasteiger charge is 2.23. The zero-order valence-corrected chi connectivity index (χ0v) is 15.3. The van der Waals surface area contributed by atoms with E-state index in [0.717, 1.165) is 6.07 Å². The molecule has 142 valence electrons. The number of rotatable bonds is 8. The lowest BCUT2D eigenvalue weighted by molar-refractivity contribution is -0.385. The largest absolute Gasteiger partial charge is 0.493 e. The zero-order valence-electron chi connectivity index (χ0n) is 15.3. The Morgan fingerprint density at radius 1 is 0.889 bits per heavy atom. The lowest BCUT2D eigenvalue weighted by atomic mass is 10.1. The maximum absolute atomic E-state index is 12.5. The first-order valence-corrected chi connectivity index (χ1v) is 7.80. The van der Waals surface area contributed by atoms with E-state index < -0.39 is 10.7 Å². The van der Waals surface area contributed by atoms with E-state index in [1.54, 1.807) is 18.2 Å². The summed E-state index contributed by atoms with van der Waals surface area (Å²) in [4.78, 5) is 23.2. The smallest absolute Gasteiger partial charge is 0.284 e. The van der Waals surface area contributed by atoms with Crippen LogP contribution in [0.3, 0.4) is 0 Å². The number of benzene rings is 2. The second-order valence-electron chi connectivity index (χ2n) is 5.29. The van der Waals surface area contributed by atoms with Crippen LogP contribution in [0.15, 0.2) is 36.4 Å². The first-order chi connectivity index (χ1) is 12.9. The Morgan fingerprint density at radius 3 is 2.00 bits per heavy atom. The van der Waals surface area contributed by atoms with Crippen LogP contribution >= 0.6 is 0 Å². The van der Waals surface area contributed by atoms with Gasteiger partial charge in [-0.05, 0) is 23.8 Å². The maximum Gasteiger partial charge on any atom is 0.284 e. The Morgan fingerprint density at radius 2 is 1.44 bits per heavy atom. The number of carbonyl (C=O) groups is 1. The molecule has 27 heavy (non-hydrogen) atoms. The van der Waals surface area contributed by atoms with Gasteiger partial charge in [-0.25, -0.2) is 0 Å². The van der Waals surface area contributed by atoms with Gasteiger partial charge in [0.2, 0.25) is 0 Å². The monoisotopic (exact) mass is 373 g/mol. The summed E-state index contributed by atoms with van der Waals surface area (Å²) < 4.78 is 20.5. The molecule has 0 aliphatic carbocycles. The van der Waals surface area contributed by atoms with E-state index in [-0.39, 0.29) is 22.7 Å². The van der Waals surface area contributed by atoms with Crippen molar-refractivity contribution in [2.24, 2.45) is 0 Å². The van der Waals surface area contributed by atoms with Crippen molar-refractivity contribution in [3.63, 3.8) is 0 Å². The fourth-order valence-corrected chi connectivity index (χ4v) is 2.43. The zero-order chi connectivity index (χ0) is 20.0. The van der Waals surface area contributed by atoms with Crippen LogP contribution in [0.2, 0.25) is 0 Å². The summed E-state index contributed by atoms with van der Waals surface area (Å²) in [6.07, 6.45) is 2.78. The lowest BCUT2D eigenvalue weighted by Gasteiger charge is -2.09. The second kappa shape index (κ2) is 8.70. The highest BCUT2D eigenvalue weighted by molar-refractivity contribution is 6.10. The lowest BCUT2D eigenvalue weighted by Crippen LogP contribution is -2.03. The van der Waals surface area contributed by atoms with E-state index in [1.165, 1.54) is 46.7 Å². The molecule has 0 bridgehead atoms. The molecule has 0 aliphatic heterocycles. The quantitative estimate of drug-likeness (QED) is 0.302. The number of nitro groups is 1. The van der Waals surface area contributed by atoms with Gasteiger partial charge in [0.1, 0.15) is 5.56 Å². The second-order valence-corrected chi connectivity index (χ2v) is 5.29. The third-order valence-electron chi connectivity index (χ3n) is 3.80. The molecule has 0 radical (unpaired) electrons. The van der Waals surface area contributed by atoms with Crippen LogP contribution in [0.4, 0.5) is 5.69 Å². The first-order valence-electron chi connectivity index (χ1n) is 7.80.